The first kappa shape index (κ1) is 11.8. The van der Waals surface area contributed by atoms with E-state index in [2.05, 4.69) is 28.2 Å². The maximum absolute atomic E-state index is 5.49. The van der Waals surface area contributed by atoms with E-state index in [0.29, 0.717) is 6.61 Å². The molecule has 1 heterocycles. The number of furan rings is 1. The van der Waals surface area contributed by atoms with Gasteiger partial charge in [-0.3, -0.25) is 0 Å². The quantitative estimate of drug-likeness (QED) is 0.800. The van der Waals surface area contributed by atoms with Crippen LogP contribution in [-0.4, -0.2) is 20.3 Å². The van der Waals surface area contributed by atoms with Crippen molar-refractivity contribution in [2.24, 2.45) is 0 Å². The van der Waals surface area contributed by atoms with Crippen molar-refractivity contribution in [1.29, 1.82) is 0 Å². The summed E-state index contributed by atoms with van der Waals surface area (Å²) in [6.07, 6.45) is 2.71. The van der Waals surface area contributed by atoms with E-state index in [1.807, 2.05) is 13.1 Å². The maximum atomic E-state index is 5.49. The zero-order valence-electron chi connectivity index (χ0n) is 8.55. The number of hydrogen-bond donors (Lipinski definition) is 1. The van der Waals surface area contributed by atoms with Gasteiger partial charge in [-0.15, -0.1) is 0 Å². The standard InChI is InChI=1S/C10H16BrNO2/c1-3-5-13-7-9(12-2)8-4-6-14-10(8)11/h4,6,9,12H,3,5,7H2,1-2H3. The highest BCUT2D eigenvalue weighted by Gasteiger charge is 2.14. The van der Waals surface area contributed by atoms with Crippen LogP contribution in [0.2, 0.25) is 0 Å². The lowest BCUT2D eigenvalue weighted by atomic mass is 10.2. The van der Waals surface area contributed by atoms with E-state index in [-0.39, 0.29) is 6.04 Å². The lowest BCUT2D eigenvalue weighted by Crippen LogP contribution is -2.21. The van der Waals surface area contributed by atoms with E-state index in [9.17, 15) is 0 Å². The fourth-order valence-electron chi connectivity index (χ4n) is 1.23. The normalized spacial score (nSPS) is 13.1. The summed E-state index contributed by atoms with van der Waals surface area (Å²) in [7, 11) is 1.92. The number of nitrogens with one attached hydrogen (secondary N) is 1. The highest BCUT2D eigenvalue weighted by atomic mass is 79.9. The molecular weight excluding hydrogens is 246 g/mol. The first-order chi connectivity index (χ1) is 6.79. The molecule has 0 saturated heterocycles. The molecule has 0 saturated carbocycles. The highest BCUT2D eigenvalue weighted by molar-refractivity contribution is 9.10. The molecule has 0 aliphatic rings. The molecule has 0 aliphatic heterocycles. The molecule has 0 radical (unpaired) electrons. The van der Waals surface area contributed by atoms with Crippen molar-refractivity contribution >= 4 is 15.9 Å². The Labute approximate surface area is 92.9 Å². The minimum absolute atomic E-state index is 0.190. The summed E-state index contributed by atoms with van der Waals surface area (Å²) in [6.45, 7) is 3.57. The average Bonchev–Trinajstić information content (AvgIpc) is 2.60. The zero-order chi connectivity index (χ0) is 10.4. The number of likely N-dealkylation sites (N-methyl/N-ethyl adjacent to an activating group) is 1. The van der Waals surface area contributed by atoms with Crippen molar-refractivity contribution < 1.29 is 9.15 Å². The van der Waals surface area contributed by atoms with E-state index in [4.69, 9.17) is 9.15 Å². The van der Waals surface area contributed by atoms with Crippen LogP contribution in [0.15, 0.2) is 21.4 Å². The van der Waals surface area contributed by atoms with Gasteiger partial charge >= 0.3 is 0 Å². The van der Waals surface area contributed by atoms with E-state index < -0.39 is 0 Å². The summed E-state index contributed by atoms with van der Waals surface area (Å²) in [6, 6.07) is 2.13. The van der Waals surface area contributed by atoms with E-state index in [1.165, 1.54) is 0 Å². The van der Waals surface area contributed by atoms with Crippen LogP contribution in [-0.2, 0) is 4.74 Å². The van der Waals surface area contributed by atoms with Crippen molar-refractivity contribution in [3.8, 4) is 0 Å². The highest BCUT2D eigenvalue weighted by Crippen LogP contribution is 2.24. The Hall–Kier alpha value is -0.320. The van der Waals surface area contributed by atoms with Gasteiger partial charge in [0.1, 0.15) is 0 Å². The SMILES string of the molecule is CCCOCC(NC)c1ccoc1Br. The third-order valence-electron chi connectivity index (χ3n) is 2.00. The van der Waals surface area contributed by atoms with Crippen molar-refractivity contribution in [3.63, 3.8) is 0 Å². The Balaban J connectivity index is 2.50. The third kappa shape index (κ3) is 3.12. The average molecular weight is 262 g/mol. The smallest absolute Gasteiger partial charge is 0.173 e. The molecule has 0 fully saturated rings. The molecular formula is C10H16BrNO2. The number of hydrogen-bond acceptors (Lipinski definition) is 3. The van der Waals surface area contributed by atoms with Crippen LogP contribution >= 0.6 is 15.9 Å². The molecule has 1 aromatic heterocycles. The molecule has 1 unspecified atom stereocenters. The molecule has 1 N–H and O–H groups in total. The second-order valence-corrected chi connectivity index (χ2v) is 3.79. The lowest BCUT2D eigenvalue weighted by Gasteiger charge is -2.14. The van der Waals surface area contributed by atoms with Crippen LogP contribution in [0.5, 0.6) is 0 Å². The van der Waals surface area contributed by atoms with Crippen LogP contribution in [0, 0.1) is 0 Å². The van der Waals surface area contributed by atoms with Crippen molar-refractivity contribution in [3.05, 3.63) is 22.6 Å². The minimum Gasteiger partial charge on any atom is -0.457 e. The third-order valence-corrected chi connectivity index (χ3v) is 2.65. The molecule has 1 atom stereocenters. The topological polar surface area (TPSA) is 34.4 Å². The summed E-state index contributed by atoms with van der Waals surface area (Å²) < 4.78 is 11.4. The monoisotopic (exact) mass is 261 g/mol. The first-order valence-electron chi connectivity index (χ1n) is 4.77. The molecule has 80 valence electrons. The van der Waals surface area contributed by atoms with Gasteiger partial charge < -0.3 is 14.5 Å². The van der Waals surface area contributed by atoms with Gasteiger partial charge in [0, 0.05) is 12.2 Å². The Bertz CT molecular complexity index is 262. The van der Waals surface area contributed by atoms with Crippen molar-refractivity contribution in [1.82, 2.24) is 5.32 Å². The molecule has 3 nitrogen and oxygen atoms in total. The summed E-state index contributed by atoms with van der Waals surface area (Å²) in [5, 5.41) is 3.19. The van der Waals surface area contributed by atoms with Crippen LogP contribution < -0.4 is 5.32 Å². The number of halogens is 1. The van der Waals surface area contributed by atoms with Crippen molar-refractivity contribution in [2.45, 2.75) is 19.4 Å². The maximum Gasteiger partial charge on any atom is 0.173 e. The Morgan fingerprint density at radius 3 is 2.93 bits per heavy atom. The fraction of sp³-hybridized carbons (Fsp3) is 0.600. The second kappa shape index (κ2) is 6.22. The summed E-state index contributed by atoms with van der Waals surface area (Å²) in [4.78, 5) is 0. The predicted molar refractivity (Wildman–Crippen MR) is 59.3 cm³/mol. The van der Waals surface area contributed by atoms with E-state index >= 15 is 0 Å². The predicted octanol–water partition coefficient (Wildman–Crippen LogP) is 2.73. The van der Waals surface area contributed by atoms with Gasteiger partial charge in [-0.25, -0.2) is 0 Å². The largest absolute Gasteiger partial charge is 0.457 e. The van der Waals surface area contributed by atoms with E-state index in [0.717, 1.165) is 23.3 Å². The van der Waals surface area contributed by atoms with Gasteiger partial charge in [0.25, 0.3) is 0 Å². The molecule has 1 aromatic rings. The summed E-state index contributed by atoms with van der Waals surface area (Å²) in [5.74, 6) is 0. The van der Waals surface area contributed by atoms with Gasteiger partial charge in [0.2, 0.25) is 0 Å². The van der Waals surface area contributed by atoms with Gasteiger partial charge in [-0.2, -0.15) is 0 Å². The molecule has 0 amide bonds. The molecule has 4 heteroatoms. The number of ether oxygens (including phenoxy) is 1. The van der Waals surface area contributed by atoms with Gasteiger partial charge in [0.15, 0.2) is 4.67 Å². The Morgan fingerprint density at radius 1 is 1.64 bits per heavy atom. The Morgan fingerprint density at radius 2 is 2.43 bits per heavy atom. The molecule has 0 aromatic carbocycles. The minimum atomic E-state index is 0.190. The van der Waals surface area contributed by atoms with Gasteiger partial charge in [-0.1, -0.05) is 6.92 Å². The van der Waals surface area contributed by atoms with E-state index in [1.54, 1.807) is 6.26 Å². The second-order valence-electron chi connectivity index (χ2n) is 3.07. The van der Waals surface area contributed by atoms with Crippen LogP contribution in [0.25, 0.3) is 0 Å². The number of rotatable bonds is 6. The van der Waals surface area contributed by atoms with Crippen molar-refractivity contribution in [2.75, 3.05) is 20.3 Å². The van der Waals surface area contributed by atoms with Gasteiger partial charge in [0.05, 0.1) is 18.9 Å². The molecule has 14 heavy (non-hydrogen) atoms. The fourth-order valence-corrected chi connectivity index (χ4v) is 1.74. The molecule has 0 bridgehead atoms. The lowest BCUT2D eigenvalue weighted by molar-refractivity contribution is 0.113. The zero-order valence-corrected chi connectivity index (χ0v) is 10.1. The molecule has 0 aliphatic carbocycles. The summed E-state index contributed by atoms with van der Waals surface area (Å²) in [5.41, 5.74) is 1.10. The Kier molecular flexibility index (Phi) is 5.22. The molecule has 1 rings (SSSR count). The van der Waals surface area contributed by atoms with Crippen LogP contribution in [0.4, 0.5) is 0 Å². The van der Waals surface area contributed by atoms with Crippen LogP contribution in [0.3, 0.4) is 0 Å². The van der Waals surface area contributed by atoms with Crippen LogP contribution in [0.1, 0.15) is 24.9 Å². The van der Waals surface area contributed by atoms with Gasteiger partial charge in [-0.05, 0) is 35.5 Å². The summed E-state index contributed by atoms with van der Waals surface area (Å²) >= 11 is 3.35. The molecule has 0 spiro atoms. The first-order valence-corrected chi connectivity index (χ1v) is 5.56.